The Morgan fingerprint density at radius 1 is 1.33 bits per heavy atom. The van der Waals surface area contributed by atoms with Gasteiger partial charge in [-0.2, -0.15) is 0 Å². The molecule has 4 heteroatoms. The second kappa shape index (κ2) is 8.15. The summed E-state index contributed by atoms with van der Waals surface area (Å²) in [6.45, 7) is 7.60. The van der Waals surface area contributed by atoms with Crippen molar-refractivity contribution < 1.29 is 9.90 Å². The van der Waals surface area contributed by atoms with Crippen LogP contribution in [0.15, 0.2) is 30.3 Å². The van der Waals surface area contributed by atoms with Crippen LogP contribution in [-0.2, 0) is 10.3 Å². The number of nitrogens with zero attached hydrogens (tertiary/aromatic N) is 1. The molecule has 0 saturated carbocycles. The molecule has 0 amide bonds. The number of carboxylic acids is 1. The van der Waals surface area contributed by atoms with Crippen molar-refractivity contribution in [3.8, 4) is 0 Å². The highest BCUT2D eigenvalue weighted by Crippen LogP contribution is 2.22. The van der Waals surface area contributed by atoms with Crippen molar-refractivity contribution in [3.63, 3.8) is 0 Å². The summed E-state index contributed by atoms with van der Waals surface area (Å²) in [5.41, 5.74) is 5.58. The number of hydrogen-bond acceptors (Lipinski definition) is 3. The van der Waals surface area contributed by atoms with Crippen molar-refractivity contribution in [2.75, 3.05) is 13.1 Å². The third-order valence-corrected chi connectivity index (χ3v) is 4.14. The van der Waals surface area contributed by atoms with Gasteiger partial charge in [-0.15, -0.1) is 0 Å². The van der Waals surface area contributed by atoms with E-state index in [1.807, 2.05) is 18.2 Å². The van der Waals surface area contributed by atoms with Crippen LogP contribution in [0.25, 0.3) is 0 Å². The summed E-state index contributed by atoms with van der Waals surface area (Å²) in [5, 5.41) is 9.66. The molecular weight excluding hydrogens is 264 g/mol. The van der Waals surface area contributed by atoms with Gasteiger partial charge in [0.15, 0.2) is 5.54 Å². The van der Waals surface area contributed by atoms with Crippen molar-refractivity contribution in [1.29, 1.82) is 0 Å². The highest BCUT2D eigenvalue weighted by Gasteiger charge is 2.38. The van der Waals surface area contributed by atoms with Gasteiger partial charge in [0.2, 0.25) is 0 Å². The fourth-order valence-corrected chi connectivity index (χ4v) is 2.41. The molecule has 0 aromatic heterocycles. The molecule has 0 bridgehead atoms. The molecule has 0 radical (unpaired) electrons. The number of carboxylic acid groups (broad SMARTS) is 1. The Morgan fingerprint density at radius 3 is 2.43 bits per heavy atom. The largest absolute Gasteiger partial charge is 0.480 e. The first kappa shape index (κ1) is 17.7. The summed E-state index contributed by atoms with van der Waals surface area (Å²) in [6.07, 6.45) is 3.12. The summed E-state index contributed by atoms with van der Waals surface area (Å²) in [5.74, 6) is -0.974. The first-order valence-corrected chi connectivity index (χ1v) is 7.77. The van der Waals surface area contributed by atoms with Crippen molar-refractivity contribution in [2.45, 2.75) is 51.6 Å². The normalized spacial score (nSPS) is 15.7. The molecule has 21 heavy (non-hydrogen) atoms. The van der Waals surface area contributed by atoms with Gasteiger partial charge in [0.25, 0.3) is 0 Å². The van der Waals surface area contributed by atoms with E-state index in [4.69, 9.17) is 5.73 Å². The lowest BCUT2D eigenvalue weighted by molar-refractivity contribution is -0.144. The third-order valence-electron chi connectivity index (χ3n) is 4.14. The molecule has 0 heterocycles. The van der Waals surface area contributed by atoms with Gasteiger partial charge in [0.05, 0.1) is 0 Å². The number of rotatable bonds is 9. The lowest BCUT2D eigenvalue weighted by Gasteiger charge is -2.36. The smallest absolute Gasteiger partial charge is 0.329 e. The van der Waals surface area contributed by atoms with Crippen LogP contribution in [-0.4, -0.2) is 35.1 Å². The van der Waals surface area contributed by atoms with Gasteiger partial charge in [0, 0.05) is 12.6 Å². The zero-order chi connectivity index (χ0) is 15.9. The Hall–Kier alpha value is -1.39. The van der Waals surface area contributed by atoms with Gasteiger partial charge < -0.3 is 10.8 Å². The average Bonchev–Trinajstić information content (AvgIpc) is 2.51. The van der Waals surface area contributed by atoms with Crippen molar-refractivity contribution in [2.24, 2.45) is 5.73 Å². The minimum Gasteiger partial charge on any atom is -0.480 e. The molecule has 1 rings (SSSR count). The molecular formula is C17H28N2O2. The highest BCUT2D eigenvalue weighted by molar-refractivity contribution is 5.80. The molecule has 4 nitrogen and oxygen atoms in total. The van der Waals surface area contributed by atoms with Gasteiger partial charge in [0.1, 0.15) is 0 Å². The summed E-state index contributed by atoms with van der Waals surface area (Å²) in [4.78, 5) is 14.0. The second-order valence-corrected chi connectivity index (χ2v) is 5.72. The molecule has 0 spiro atoms. The zero-order valence-corrected chi connectivity index (χ0v) is 13.4. The molecule has 1 aromatic carbocycles. The van der Waals surface area contributed by atoms with Crippen molar-refractivity contribution >= 4 is 5.97 Å². The Bertz CT molecular complexity index is 436. The van der Waals surface area contributed by atoms with Crippen LogP contribution in [0.5, 0.6) is 0 Å². The zero-order valence-electron chi connectivity index (χ0n) is 13.4. The van der Waals surface area contributed by atoms with E-state index in [0.717, 1.165) is 25.8 Å². The van der Waals surface area contributed by atoms with E-state index < -0.39 is 11.5 Å². The summed E-state index contributed by atoms with van der Waals surface area (Å²) >= 11 is 0. The summed E-state index contributed by atoms with van der Waals surface area (Å²) < 4.78 is 0. The fraction of sp³-hybridized carbons (Fsp3) is 0.588. The standard InChI is InChI=1S/C17H28N2O2/c1-4-6-12-19(14(3)5-2)13-17(18,16(20)21)15-10-8-7-9-11-15/h7-11,14H,4-6,12-13,18H2,1-3H3,(H,20,21). The molecule has 3 N–H and O–H groups in total. The number of hydrogen-bond donors (Lipinski definition) is 2. The number of aliphatic carboxylic acids is 1. The summed E-state index contributed by atoms with van der Waals surface area (Å²) in [6, 6.07) is 9.45. The average molecular weight is 292 g/mol. The van der Waals surface area contributed by atoms with Crippen molar-refractivity contribution in [1.82, 2.24) is 4.90 Å². The maximum atomic E-state index is 11.8. The molecule has 1 aromatic rings. The number of nitrogens with two attached hydrogens (primary N) is 1. The van der Waals surface area contributed by atoms with Crippen LogP contribution in [0.4, 0.5) is 0 Å². The van der Waals surface area contributed by atoms with Crippen LogP contribution in [0.2, 0.25) is 0 Å². The van der Waals surface area contributed by atoms with E-state index in [2.05, 4.69) is 25.7 Å². The highest BCUT2D eigenvalue weighted by atomic mass is 16.4. The topological polar surface area (TPSA) is 66.6 Å². The Morgan fingerprint density at radius 2 is 1.95 bits per heavy atom. The predicted octanol–water partition coefficient (Wildman–Crippen LogP) is 2.83. The maximum absolute atomic E-state index is 11.8. The minimum absolute atomic E-state index is 0.322. The monoisotopic (exact) mass is 292 g/mol. The number of unbranched alkanes of at least 4 members (excludes halogenated alkanes) is 1. The van der Waals surface area contributed by atoms with Gasteiger partial charge >= 0.3 is 5.97 Å². The predicted molar refractivity (Wildman–Crippen MR) is 86.2 cm³/mol. The van der Waals surface area contributed by atoms with Crippen LogP contribution in [0.3, 0.4) is 0 Å². The first-order chi connectivity index (χ1) is 9.95. The molecule has 118 valence electrons. The summed E-state index contributed by atoms with van der Waals surface area (Å²) in [7, 11) is 0. The molecule has 0 aliphatic heterocycles. The van der Waals surface area contributed by atoms with Crippen LogP contribution in [0, 0.1) is 0 Å². The van der Waals surface area contributed by atoms with Crippen LogP contribution in [0.1, 0.15) is 45.6 Å². The third kappa shape index (κ3) is 4.55. The van der Waals surface area contributed by atoms with Gasteiger partial charge in [-0.1, -0.05) is 50.6 Å². The Balaban J connectivity index is 3.01. The lowest BCUT2D eigenvalue weighted by atomic mass is 9.89. The van der Waals surface area contributed by atoms with E-state index >= 15 is 0 Å². The Kier molecular flexibility index (Phi) is 6.85. The molecule has 0 saturated heterocycles. The van der Waals surface area contributed by atoms with Gasteiger partial charge in [-0.05, 0) is 31.9 Å². The SMILES string of the molecule is CCCCN(CC(N)(C(=O)O)c1ccccc1)C(C)CC. The van der Waals surface area contributed by atoms with Gasteiger partial charge in [-0.25, -0.2) is 4.79 Å². The molecule has 0 fully saturated rings. The van der Waals surface area contributed by atoms with E-state index in [9.17, 15) is 9.90 Å². The molecule has 2 unspecified atom stereocenters. The fourth-order valence-electron chi connectivity index (χ4n) is 2.41. The van der Waals surface area contributed by atoms with Crippen LogP contribution >= 0.6 is 0 Å². The lowest BCUT2D eigenvalue weighted by Crippen LogP contribution is -2.55. The number of carbonyl (C=O) groups is 1. The van der Waals surface area contributed by atoms with E-state index in [1.54, 1.807) is 12.1 Å². The van der Waals surface area contributed by atoms with Crippen molar-refractivity contribution in [3.05, 3.63) is 35.9 Å². The van der Waals surface area contributed by atoms with E-state index in [1.165, 1.54) is 0 Å². The quantitative estimate of drug-likeness (QED) is 0.734. The Labute approximate surface area is 128 Å². The molecule has 2 atom stereocenters. The first-order valence-electron chi connectivity index (χ1n) is 7.77. The minimum atomic E-state index is -1.36. The number of benzene rings is 1. The van der Waals surface area contributed by atoms with Gasteiger partial charge in [-0.3, -0.25) is 4.90 Å². The molecule has 0 aliphatic carbocycles. The maximum Gasteiger partial charge on any atom is 0.329 e. The second-order valence-electron chi connectivity index (χ2n) is 5.72. The molecule has 0 aliphatic rings. The van der Waals surface area contributed by atoms with E-state index in [-0.39, 0.29) is 0 Å². The van der Waals surface area contributed by atoms with Crippen LogP contribution < -0.4 is 5.73 Å². The van der Waals surface area contributed by atoms with E-state index in [0.29, 0.717) is 18.2 Å².